The summed E-state index contributed by atoms with van der Waals surface area (Å²) >= 11 is 0. The van der Waals surface area contributed by atoms with E-state index in [1.165, 1.54) is 18.2 Å². The Hall–Kier alpha value is -3.47. The molecule has 0 heterocycles. The zero-order chi connectivity index (χ0) is 18.4. The van der Waals surface area contributed by atoms with E-state index in [1.807, 2.05) is 42.5 Å². The lowest BCUT2D eigenvalue weighted by Crippen LogP contribution is -2.21. The summed E-state index contributed by atoms with van der Waals surface area (Å²) in [6, 6.07) is 22.6. The highest BCUT2D eigenvalue weighted by Gasteiger charge is 2.14. The summed E-state index contributed by atoms with van der Waals surface area (Å²) in [4.78, 5) is 23.7. The van der Waals surface area contributed by atoms with Gasteiger partial charge in [0.1, 0.15) is 5.82 Å². The minimum atomic E-state index is -0.877. The predicted octanol–water partition coefficient (Wildman–Crippen LogP) is 4.29. The van der Waals surface area contributed by atoms with E-state index < -0.39 is 24.3 Å². The van der Waals surface area contributed by atoms with Gasteiger partial charge in [-0.25, -0.2) is 9.18 Å². The number of hydrogen-bond donors (Lipinski definition) is 1. The number of esters is 1. The standard InChI is InChI=1S/C21H16FNO3/c22-19-9-5-4-8-18(19)21(25)26-14-20(24)23-17-12-10-16(11-13-17)15-6-2-1-3-7-15/h1-13H,14H2,(H,23,24). The third kappa shape index (κ3) is 4.33. The van der Waals surface area contributed by atoms with Gasteiger partial charge in [0.05, 0.1) is 5.56 Å². The van der Waals surface area contributed by atoms with Gasteiger partial charge in [-0.2, -0.15) is 0 Å². The van der Waals surface area contributed by atoms with Crippen molar-refractivity contribution in [1.29, 1.82) is 0 Å². The maximum Gasteiger partial charge on any atom is 0.341 e. The van der Waals surface area contributed by atoms with Gasteiger partial charge < -0.3 is 10.1 Å². The lowest BCUT2D eigenvalue weighted by Gasteiger charge is -2.08. The Kier molecular flexibility index (Phi) is 5.39. The third-order valence-electron chi connectivity index (χ3n) is 3.70. The Morgan fingerprint density at radius 1 is 0.808 bits per heavy atom. The fourth-order valence-corrected chi connectivity index (χ4v) is 2.41. The highest BCUT2D eigenvalue weighted by Crippen LogP contribution is 2.21. The fraction of sp³-hybridized carbons (Fsp3) is 0.0476. The Morgan fingerprint density at radius 2 is 1.42 bits per heavy atom. The van der Waals surface area contributed by atoms with Gasteiger partial charge in [-0.1, -0.05) is 54.6 Å². The van der Waals surface area contributed by atoms with Gasteiger partial charge in [-0.15, -0.1) is 0 Å². The van der Waals surface area contributed by atoms with Gasteiger partial charge in [0.15, 0.2) is 6.61 Å². The van der Waals surface area contributed by atoms with Crippen molar-refractivity contribution in [3.05, 3.63) is 90.2 Å². The van der Waals surface area contributed by atoms with Crippen LogP contribution in [-0.4, -0.2) is 18.5 Å². The SMILES string of the molecule is O=C(COC(=O)c1ccccc1F)Nc1ccc(-c2ccccc2)cc1. The van der Waals surface area contributed by atoms with Crippen LogP contribution >= 0.6 is 0 Å². The molecule has 0 spiro atoms. The topological polar surface area (TPSA) is 55.4 Å². The van der Waals surface area contributed by atoms with Gasteiger partial charge >= 0.3 is 5.97 Å². The smallest absolute Gasteiger partial charge is 0.341 e. The summed E-state index contributed by atoms with van der Waals surface area (Å²) in [5.74, 6) is -2.06. The lowest BCUT2D eigenvalue weighted by molar-refractivity contribution is -0.119. The van der Waals surface area contributed by atoms with Crippen molar-refractivity contribution >= 4 is 17.6 Å². The third-order valence-corrected chi connectivity index (χ3v) is 3.70. The molecular weight excluding hydrogens is 333 g/mol. The molecule has 0 saturated heterocycles. The first kappa shape index (κ1) is 17.4. The van der Waals surface area contributed by atoms with Crippen molar-refractivity contribution in [3.63, 3.8) is 0 Å². The molecule has 130 valence electrons. The summed E-state index contributed by atoms with van der Waals surface area (Å²) in [6.45, 7) is -0.492. The fourth-order valence-electron chi connectivity index (χ4n) is 2.41. The van der Waals surface area contributed by atoms with Crippen LogP contribution in [0.1, 0.15) is 10.4 Å². The Labute approximate surface area is 150 Å². The number of rotatable bonds is 5. The van der Waals surface area contributed by atoms with Crippen LogP contribution in [0, 0.1) is 5.82 Å². The molecule has 0 aliphatic carbocycles. The Morgan fingerprint density at radius 3 is 2.12 bits per heavy atom. The maximum absolute atomic E-state index is 13.5. The van der Waals surface area contributed by atoms with Gasteiger partial charge in [-0.05, 0) is 35.4 Å². The summed E-state index contributed by atoms with van der Waals surface area (Å²) in [6.07, 6.45) is 0. The molecule has 0 bridgehead atoms. The van der Waals surface area contributed by atoms with Gasteiger partial charge in [0, 0.05) is 5.69 Å². The van der Waals surface area contributed by atoms with Crippen molar-refractivity contribution in [3.8, 4) is 11.1 Å². The highest BCUT2D eigenvalue weighted by atomic mass is 19.1. The van der Waals surface area contributed by atoms with Crippen molar-refractivity contribution in [2.24, 2.45) is 0 Å². The summed E-state index contributed by atoms with van der Waals surface area (Å²) in [7, 11) is 0. The normalized spacial score (nSPS) is 10.2. The van der Waals surface area contributed by atoms with Crippen molar-refractivity contribution < 1.29 is 18.7 Å². The first-order chi connectivity index (χ1) is 12.6. The first-order valence-corrected chi connectivity index (χ1v) is 8.00. The minimum Gasteiger partial charge on any atom is -0.452 e. The quantitative estimate of drug-likeness (QED) is 0.699. The molecule has 0 atom stereocenters. The molecule has 5 heteroatoms. The molecule has 4 nitrogen and oxygen atoms in total. The molecule has 0 unspecified atom stereocenters. The van der Waals surface area contributed by atoms with E-state index in [4.69, 9.17) is 4.74 Å². The summed E-state index contributed by atoms with van der Waals surface area (Å²) in [5, 5.41) is 2.63. The molecule has 0 aliphatic rings. The van der Waals surface area contributed by atoms with Gasteiger partial charge in [0.25, 0.3) is 5.91 Å². The van der Waals surface area contributed by atoms with Crippen LogP contribution in [0.15, 0.2) is 78.9 Å². The van der Waals surface area contributed by atoms with Crippen LogP contribution in [0.25, 0.3) is 11.1 Å². The Balaban J connectivity index is 1.55. The zero-order valence-electron chi connectivity index (χ0n) is 13.8. The lowest BCUT2D eigenvalue weighted by atomic mass is 10.1. The highest BCUT2D eigenvalue weighted by molar-refractivity contribution is 5.95. The minimum absolute atomic E-state index is 0.201. The van der Waals surface area contributed by atoms with Crippen molar-refractivity contribution in [1.82, 2.24) is 0 Å². The van der Waals surface area contributed by atoms with Crippen LogP contribution in [0.5, 0.6) is 0 Å². The van der Waals surface area contributed by atoms with Crippen LogP contribution < -0.4 is 5.32 Å². The second-order valence-corrected chi connectivity index (χ2v) is 5.55. The molecule has 3 aromatic carbocycles. The average Bonchev–Trinajstić information content (AvgIpc) is 2.68. The molecule has 0 aliphatic heterocycles. The Bertz CT molecular complexity index is 908. The van der Waals surface area contributed by atoms with E-state index in [0.29, 0.717) is 5.69 Å². The number of carbonyl (C=O) groups is 2. The molecule has 26 heavy (non-hydrogen) atoms. The molecule has 1 amide bonds. The van der Waals surface area contributed by atoms with Crippen molar-refractivity contribution in [2.75, 3.05) is 11.9 Å². The number of ether oxygens (including phenoxy) is 1. The monoisotopic (exact) mass is 349 g/mol. The second kappa shape index (κ2) is 8.07. The maximum atomic E-state index is 13.5. The van der Waals surface area contributed by atoms with Crippen LogP contribution in [0.2, 0.25) is 0 Å². The number of anilines is 1. The molecule has 0 radical (unpaired) electrons. The second-order valence-electron chi connectivity index (χ2n) is 5.55. The van der Waals surface area contributed by atoms with Crippen LogP contribution in [-0.2, 0) is 9.53 Å². The van der Waals surface area contributed by atoms with E-state index >= 15 is 0 Å². The number of carbonyl (C=O) groups excluding carboxylic acids is 2. The molecule has 0 fully saturated rings. The number of amides is 1. The number of benzene rings is 3. The van der Waals surface area contributed by atoms with Crippen LogP contribution in [0.3, 0.4) is 0 Å². The zero-order valence-corrected chi connectivity index (χ0v) is 13.8. The van der Waals surface area contributed by atoms with E-state index in [-0.39, 0.29) is 5.56 Å². The molecular formula is C21H16FNO3. The van der Waals surface area contributed by atoms with Crippen LogP contribution in [0.4, 0.5) is 10.1 Å². The largest absolute Gasteiger partial charge is 0.452 e. The molecule has 0 saturated carbocycles. The summed E-state index contributed by atoms with van der Waals surface area (Å²) in [5.41, 5.74) is 2.47. The molecule has 0 aromatic heterocycles. The molecule has 3 aromatic rings. The number of halogens is 1. The van der Waals surface area contributed by atoms with E-state index in [0.717, 1.165) is 17.2 Å². The van der Waals surface area contributed by atoms with Gasteiger partial charge in [-0.3, -0.25) is 4.79 Å². The average molecular weight is 349 g/mol. The number of hydrogen-bond acceptors (Lipinski definition) is 3. The predicted molar refractivity (Wildman–Crippen MR) is 97.2 cm³/mol. The van der Waals surface area contributed by atoms with E-state index in [2.05, 4.69) is 5.32 Å². The molecule has 1 N–H and O–H groups in total. The van der Waals surface area contributed by atoms with E-state index in [1.54, 1.807) is 12.1 Å². The first-order valence-electron chi connectivity index (χ1n) is 8.00. The van der Waals surface area contributed by atoms with E-state index in [9.17, 15) is 14.0 Å². The van der Waals surface area contributed by atoms with Crippen molar-refractivity contribution in [2.45, 2.75) is 0 Å². The molecule has 3 rings (SSSR count). The number of nitrogens with one attached hydrogen (secondary N) is 1. The van der Waals surface area contributed by atoms with Gasteiger partial charge in [0.2, 0.25) is 0 Å². The summed E-state index contributed by atoms with van der Waals surface area (Å²) < 4.78 is 18.3.